The highest BCUT2D eigenvalue weighted by molar-refractivity contribution is 6.31. The summed E-state index contributed by atoms with van der Waals surface area (Å²) in [6.07, 6.45) is -0.802. The first-order valence-corrected chi connectivity index (χ1v) is 13.5. The summed E-state index contributed by atoms with van der Waals surface area (Å²) in [5, 5.41) is 14.5. The van der Waals surface area contributed by atoms with Crippen molar-refractivity contribution in [2.45, 2.75) is 57.3 Å². The number of piperidine rings is 1. The van der Waals surface area contributed by atoms with Gasteiger partial charge >= 0.3 is 12.2 Å². The number of likely N-dealkylation sites (tertiary alicyclic amines) is 1. The van der Waals surface area contributed by atoms with Crippen molar-refractivity contribution in [3.8, 4) is 0 Å². The second kappa shape index (κ2) is 13.1. The van der Waals surface area contributed by atoms with Gasteiger partial charge in [0, 0.05) is 51.9 Å². The second-order valence-electron chi connectivity index (χ2n) is 10.3. The zero-order valence-corrected chi connectivity index (χ0v) is 23.2. The first-order valence-electron chi connectivity index (χ1n) is 13.1. The number of hydrogen-bond donors (Lipinski definition) is 3. The lowest BCUT2D eigenvalue weighted by Gasteiger charge is -2.39. The predicted molar refractivity (Wildman–Crippen MR) is 141 cm³/mol. The van der Waals surface area contributed by atoms with Gasteiger partial charge in [-0.15, -0.1) is 0 Å². The number of benzene rings is 1. The molecule has 10 nitrogen and oxygen atoms in total. The fourth-order valence-electron chi connectivity index (χ4n) is 5.01. The first kappa shape index (κ1) is 31.5. The van der Waals surface area contributed by atoms with Gasteiger partial charge in [-0.25, -0.2) is 4.79 Å². The molecule has 3 aliphatic rings. The van der Waals surface area contributed by atoms with Gasteiger partial charge in [0.05, 0.1) is 16.7 Å². The van der Waals surface area contributed by atoms with Crippen LogP contribution < -0.4 is 10.6 Å². The third-order valence-electron chi connectivity index (χ3n) is 7.70. The van der Waals surface area contributed by atoms with Crippen molar-refractivity contribution in [3.63, 3.8) is 0 Å². The predicted octanol–water partition coefficient (Wildman–Crippen LogP) is 2.94. The Bertz CT molecular complexity index is 1100. The summed E-state index contributed by atoms with van der Waals surface area (Å²) in [5.74, 6) is -0.295. The maximum absolute atomic E-state index is 12.9. The molecule has 2 heterocycles. The number of nitrogens with zero attached hydrogens (tertiary/aromatic N) is 3. The molecule has 1 aromatic rings. The number of alkyl halides is 3. The van der Waals surface area contributed by atoms with Gasteiger partial charge in [0.15, 0.2) is 0 Å². The average Bonchev–Trinajstić information content (AvgIpc) is 3.68. The highest BCUT2D eigenvalue weighted by Gasteiger charge is 2.51. The van der Waals surface area contributed by atoms with Crippen molar-refractivity contribution in [1.82, 2.24) is 20.0 Å². The van der Waals surface area contributed by atoms with Crippen LogP contribution in [0.2, 0.25) is 5.02 Å². The van der Waals surface area contributed by atoms with Crippen LogP contribution in [-0.4, -0.2) is 96.0 Å². The Morgan fingerprint density at radius 1 is 1.20 bits per heavy atom. The molecule has 1 spiro atoms. The van der Waals surface area contributed by atoms with E-state index < -0.39 is 34.9 Å². The molecule has 222 valence electrons. The Labute approximate surface area is 235 Å². The normalized spacial score (nSPS) is 21.9. The maximum atomic E-state index is 12.9. The molecule has 4 rings (SSSR count). The molecular weight excluding hydrogens is 555 g/mol. The minimum Gasteiger partial charge on any atom is -0.391 e. The molecule has 40 heavy (non-hydrogen) atoms. The molecule has 2 atom stereocenters. The van der Waals surface area contributed by atoms with Crippen molar-refractivity contribution in [2.24, 2.45) is 5.41 Å². The van der Waals surface area contributed by atoms with Crippen molar-refractivity contribution < 1.29 is 37.5 Å². The van der Waals surface area contributed by atoms with Gasteiger partial charge in [-0.3, -0.25) is 14.4 Å². The molecule has 3 N–H and O–H groups in total. The third-order valence-corrected chi connectivity index (χ3v) is 8.01. The minimum atomic E-state index is -4.60. The summed E-state index contributed by atoms with van der Waals surface area (Å²) in [5.41, 5.74) is -0.875. The highest BCUT2D eigenvalue weighted by Crippen LogP contribution is 2.53. The average molecular weight is 590 g/mol. The van der Waals surface area contributed by atoms with Crippen molar-refractivity contribution in [1.29, 1.82) is 0 Å². The number of anilines is 1. The standard InChI is InChI=1S/C24H30ClF3N4O4.C2H5NO/c1-15-21(35)30(9-2-3-20(34)31-10-8-23(6-7-23)19(33)14-31)11-12-32(15)22(36)29-16-4-5-17(18(25)13-16)24(26,27)28;1-3-2-4/h4-5,13,15,19,33H,2-3,6-12,14H2,1H3,(H,29,36);2H,1H3,(H,3,4). The van der Waals surface area contributed by atoms with E-state index in [1.54, 1.807) is 23.8 Å². The number of hydrogen-bond acceptors (Lipinski definition) is 5. The van der Waals surface area contributed by atoms with Crippen LogP contribution >= 0.6 is 11.6 Å². The van der Waals surface area contributed by atoms with E-state index in [2.05, 4.69) is 10.6 Å². The summed E-state index contributed by atoms with van der Waals surface area (Å²) in [6.45, 7) is 3.50. The van der Waals surface area contributed by atoms with Gasteiger partial charge in [-0.2, -0.15) is 13.2 Å². The number of carbonyl (C=O) groups excluding carboxylic acids is 4. The van der Waals surface area contributed by atoms with Crippen LogP contribution in [0.3, 0.4) is 0 Å². The number of halogens is 4. The smallest absolute Gasteiger partial charge is 0.391 e. The molecule has 1 saturated carbocycles. The van der Waals surface area contributed by atoms with Gasteiger partial charge in [-0.05, 0) is 56.2 Å². The summed E-state index contributed by atoms with van der Waals surface area (Å²) in [4.78, 5) is 51.8. The SMILES string of the molecule is CC1C(=O)N(CCCC(=O)N2CCC3(CC3)C(O)C2)CCN1C(=O)Nc1ccc(C(F)(F)F)c(Cl)c1.CNC=O. The summed E-state index contributed by atoms with van der Waals surface area (Å²) < 4.78 is 38.7. The van der Waals surface area contributed by atoms with Gasteiger partial charge in [0.2, 0.25) is 18.2 Å². The van der Waals surface area contributed by atoms with Crippen molar-refractivity contribution in [2.75, 3.05) is 45.1 Å². The molecule has 1 aliphatic carbocycles. The van der Waals surface area contributed by atoms with E-state index in [4.69, 9.17) is 16.4 Å². The number of aliphatic hydroxyl groups is 1. The van der Waals surface area contributed by atoms with E-state index in [9.17, 15) is 32.7 Å². The Hall–Kier alpha value is -3.06. The lowest BCUT2D eigenvalue weighted by atomic mass is 9.90. The zero-order chi connectivity index (χ0) is 29.7. The number of β-amino-alcohol motifs (C(OH)–C–C–N with tert-alkyl or cyclic N) is 1. The van der Waals surface area contributed by atoms with Crippen LogP contribution in [0.25, 0.3) is 0 Å². The number of nitrogens with one attached hydrogen (secondary N) is 2. The number of aliphatic hydroxyl groups excluding tert-OH is 1. The largest absolute Gasteiger partial charge is 0.417 e. The van der Waals surface area contributed by atoms with E-state index in [0.29, 0.717) is 32.5 Å². The summed E-state index contributed by atoms with van der Waals surface area (Å²) in [7, 11) is 1.56. The molecule has 2 unspecified atom stereocenters. The lowest BCUT2D eigenvalue weighted by Crippen LogP contribution is -2.58. The van der Waals surface area contributed by atoms with Gasteiger partial charge in [0.1, 0.15) is 6.04 Å². The molecule has 0 bridgehead atoms. The van der Waals surface area contributed by atoms with Crippen LogP contribution in [0, 0.1) is 5.41 Å². The third kappa shape index (κ3) is 7.57. The Morgan fingerprint density at radius 3 is 2.42 bits per heavy atom. The molecular formula is C26H35ClF3N5O5. The molecule has 14 heteroatoms. The fraction of sp³-hybridized carbons (Fsp3) is 0.615. The number of rotatable bonds is 6. The van der Waals surface area contributed by atoms with E-state index in [0.717, 1.165) is 37.5 Å². The van der Waals surface area contributed by atoms with E-state index >= 15 is 0 Å². The van der Waals surface area contributed by atoms with Crippen LogP contribution in [-0.2, 0) is 20.6 Å². The number of piperazine rings is 1. The molecule has 2 aliphatic heterocycles. The monoisotopic (exact) mass is 589 g/mol. The lowest BCUT2D eigenvalue weighted by molar-refractivity contribution is -0.140. The summed E-state index contributed by atoms with van der Waals surface area (Å²) >= 11 is 5.71. The number of carbonyl (C=O) groups is 4. The Balaban J connectivity index is 0.00000103. The molecule has 5 amide bonds. The quantitative estimate of drug-likeness (QED) is 0.441. The minimum absolute atomic E-state index is 0.0294. The van der Waals surface area contributed by atoms with Crippen LogP contribution in [0.4, 0.5) is 23.7 Å². The topological polar surface area (TPSA) is 122 Å². The van der Waals surface area contributed by atoms with Gasteiger partial charge in [-0.1, -0.05) is 11.6 Å². The zero-order valence-electron chi connectivity index (χ0n) is 22.5. The van der Waals surface area contributed by atoms with Crippen LogP contribution in [0.5, 0.6) is 0 Å². The number of amides is 5. The van der Waals surface area contributed by atoms with Crippen LogP contribution in [0.1, 0.15) is 44.6 Å². The maximum Gasteiger partial charge on any atom is 0.417 e. The molecule has 0 aromatic heterocycles. The van der Waals surface area contributed by atoms with Gasteiger partial charge < -0.3 is 30.4 Å². The molecule has 1 aromatic carbocycles. The van der Waals surface area contributed by atoms with E-state index in [1.165, 1.54) is 4.90 Å². The molecule has 3 fully saturated rings. The molecule has 0 radical (unpaired) electrons. The van der Waals surface area contributed by atoms with Crippen LogP contribution in [0.15, 0.2) is 18.2 Å². The van der Waals surface area contributed by atoms with Crippen molar-refractivity contribution in [3.05, 3.63) is 28.8 Å². The Morgan fingerprint density at radius 2 is 1.88 bits per heavy atom. The first-order chi connectivity index (χ1) is 18.8. The Kier molecular flexibility index (Phi) is 10.3. The summed E-state index contributed by atoms with van der Waals surface area (Å²) in [6, 6.07) is 1.54. The van der Waals surface area contributed by atoms with Crippen molar-refractivity contribution >= 4 is 41.5 Å². The second-order valence-corrected chi connectivity index (χ2v) is 10.7. The fourth-order valence-corrected chi connectivity index (χ4v) is 5.30. The number of urea groups is 1. The van der Waals surface area contributed by atoms with Gasteiger partial charge in [0.25, 0.3) is 0 Å². The molecule has 2 saturated heterocycles. The van der Waals surface area contributed by atoms with E-state index in [1.807, 2.05) is 0 Å². The highest BCUT2D eigenvalue weighted by atomic mass is 35.5. The van der Waals surface area contributed by atoms with E-state index in [-0.39, 0.29) is 42.4 Å².